The van der Waals surface area contributed by atoms with E-state index in [1.807, 2.05) is 37.3 Å². The largest absolute Gasteiger partial charge is 0.352 e. The van der Waals surface area contributed by atoms with Gasteiger partial charge < -0.3 is 10.2 Å². The summed E-state index contributed by atoms with van der Waals surface area (Å²) in [5.41, 5.74) is 2.25. The highest BCUT2D eigenvalue weighted by Gasteiger charge is 2.36. The number of hydrogen-bond donors (Lipinski definition) is 1. The van der Waals surface area contributed by atoms with E-state index in [1.54, 1.807) is 36.4 Å². The first-order chi connectivity index (χ1) is 22.9. The van der Waals surface area contributed by atoms with E-state index in [1.165, 1.54) is 29.2 Å². The molecule has 1 N–H and O–H groups in total. The Balaban J connectivity index is 1.61. The zero-order valence-corrected chi connectivity index (χ0v) is 30.1. The molecule has 0 radical (unpaired) electrons. The quantitative estimate of drug-likeness (QED) is 0.158. The van der Waals surface area contributed by atoms with E-state index in [2.05, 4.69) is 5.32 Å². The Hall–Kier alpha value is -3.27. The van der Waals surface area contributed by atoms with E-state index < -0.39 is 28.5 Å². The molecule has 252 valence electrons. The number of sulfonamides is 1. The standard InChI is InChI=1S/C36H35Cl4N3O4S/c1-24-14-18-29(19-15-24)48(46,47)43(32-13-7-12-30(38)35(32)40)23-34(44)42(22-26-16-17-27(37)21-31(26)39)33(20-25-8-3-2-4-9-25)36(45)41-28-10-5-6-11-28/h2-4,7-9,12-19,21,28,33H,5-6,10-11,20,22-23H2,1H3,(H,41,45). The second kappa shape index (κ2) is 16.0. The molecule has 0 aromatic heterocycles. The van der Waals surface area contributed by atoms with Crippen molar-refractivity contribution in [3.63, 3.8) is 0 Å². The third-order valence-electron chi connectivity index (χ3n) is 8.42. The normalized spacial score (nSPS) is 14.0. The van der Waals surface area contributed by atoms with Gasteiger partial charge in [0.2, 0.25) is 11.8 Å². The first-order valence-corrected chi connectivity index (χ1v) is 18.5. The number of halogens is 4. The Kier molecular flexibility index (Phi) is 12.0. The van der Waals surface area contributed by atoms with Gasteiger partial charge in [0.1, 0.15) is 12.6 Å². The first-order valence-electron chi connectivity index (χ1n) is 15.5. The lowest BCUT2D eigenvalue weighted by Crippen LogP contribution is -2.54. The fourth-order valence-electron chi connectivity index (χ4n) is 5.79. The SMILES string of the molecule is Cc1ccc(S(=O)(=O)N(CC(=O)N(Cc2ccc(Cl)cc2Cl)C(Cc2ccccc2)C(=O)NC2CCCC2)c2cccc(Cl)c2Cl)cc1. The van der Waals surface area contributed by atoms with Crippen LogP contribution in [0.4, 0.5) is 5.69 Å². The Labute approximate surface area is 301 Å². The van der Waals surface area contributed by atoms with E-state index in [-0.39, 0.29) is 45.5 Å². The van der Waals surface area contributed by atoms with Crippen molar-refractivity contribution in [3.05, 3.63) is 128 Å². The van der Waals surface area contributed by atoms with Gasteiger partial charge in [-0.2, -0.15) is 0 Å². The molecule has 1 fully saturated rings. The van der Waals surface area contributed by atoms with Crippen molar-refractivity contribution in [2.45, 2.75) is 62.6 Å². The maximum Gasteiger partial charge on any atom is 0.264 e. The van der Waals surface area contributed by atoms with E-state index in [4.69, 9.17) is 46.4 Å². The van der Waals surface area contributed by atoms with Gasteiger partial charge in [-0.3, -0.25) is 13.9 Å². The molecule has 7 nitrogen and oxygen atoms in total. The molecule has 1 unspecified atom stereocenters. The van der Waals surface area contributed by atoms with Crippen molar-refractivity contribution < 1.29 is 18.0 Å². The number of hydrogen-bond acceptors (Lipinski definition) is 4. The summed E-state index contributed by atoms with van der Waals surface area (Å²) in [5, 5.41) is 3.95. The maximum atomic E-state index is 14.7. The summed E-state index contributed by atoms with van der Waals surface area (Å²) in [5.74, 6) is -0.979. The van der Waals surface area contributed by atoms with Crippen LogP contribution >= 0.6 is 46.4 Å². The molecule has 2 amide bonds. The highest BCUT2D eigenvalue weighted by Crippen LogP contribution is 2.36. The van der Waals surface area contributed by atoms with Gasteiger partial charge in [-0.05, 0) is 67.3 Å². The fourth-order valence-corrected chi connectivity index (χ4v) is 8.13. The van der Waals surface area contributed by atoms with Gasteiger partial charge in [0.25, 0.3) is 10.0 Å². The summed E-state index contributed by atoms with van der Waals surface area (Å²) < 4.78 is 29.5. The number of benzene rings is 4. The lowest BCUT2D eigenvalue weighted by molar-refractivity contribution is -0.140. The second-order valence-corrected chi connectivity index (χ2v) is 15.3. The molecule has 1 saturated carbocycles. The van der Waals surface area contributed by atoms with Crippen molar-refractivity contribution in [2.24, 2.45) is 0 Å². The summed E-state index contributed by atoms with van der Waals surface area (Å²) in [4.78, 5) is 30.2. The third-order valence-corrected chi connectivity index (χ3v) is 11.6. The van der Waals surface area contributed by atoms with Gasteiger partial charge in [0.15, 0.2) is 0 Å². The predicted octanol–water partition coefficient (Wildman–Crippen LogP) is 8.50. The molecule has 12 heteroatoms. The number of anilines is 1. The lowest BCUT2D eigenvalue weighted by atomic mass is 10.0. The Morgan fingerprint density at radius 1 is 0.854 bits per heavy atom. The van der Waals surface area contributed by atoms with Crippen molar-refractivity contribution in [1.29, 1.82) is 0 Å². The minimum absolute atomic E-state index is 0.0180. The van der Waals surface area contributed by atoms with E-state index >= 15 is 0 Å². The summed E-state index contributed by atoms with van der Waals surface area (Å²) in [6.45, 7) is 1.07. The van der Waals surface area contributed by atoms with Crippen molar-refractivity contribution in [3.8, 4) is 0 Å². The molecular weight excluding hydrogens is 712 g/mol. The zero-order chi connectivity index (χ0) is 34.4. The van der Waals surface area contributed by atoms with Crippen LogP contribution < -0.4 is 9.62 Å². The Morgan fingerprint density at radius 3 is 2.21 bits per heavy atom. The Morgan fingerprint density at radius 2 is 1.54 bits per heavy atom. The molecule has 0 spiro atoms. The van der Waals surface area contributed by atoms with Gasteiger partial charge in [0, 0.05) is 29.1 Å². The summed E-state index contributed by atoms with van der Waals surface area (Å²) in [7, 11) is -4.35. The average molecular weight is 748 g/mol. The Bertz CT molecular complexity index is 1870. The van der Waals surface area contributed by atoms with Crippen LogP contribution in [0.2, 0.25) is 20.1 Å². The number of amides is 2. The number of carbonyl (C=O) groups excluding carboxylic acids is 2. The summed E-state index contributed by atoms with van der Waals surface area (Å²) in [6.07, 6.45) is 3.87. The molecule has 1 aliphatic carbocycles. The molecule has 1 atom stereocenters. The number of nitrogens with one attached hydrogen (secondary N) is 1. The highest BCUT2D eigenvalue weighted by molar-refractivity contribution is 7.92. The van der Waals surface area contributed by atoms with Crippen molar-refractivity contribution in [2.75, 3.05) is 10.8 Å². The van der Waals surface area contributed by atoms with Crippen LogP contribution in [-0.4, -0.2) is 43.8 Å². The summed E-state index contributed by atoms with van der Waals surface area (Å²) in [6, 6.07) is 24.1. The molecular formula is C36H35Cl4N3O4S. The second-order valence-electron chi connectivity index (χ2n) is 11.9. The average Bonchev–Trinajstić information content (AvgIpc) is 3.57. The fraction of sp³-hybridized carbons (Fsp3) is 0.278. The predicted molar refractivity (Wildman–Crippen MR) is 194 cm³/mol. The molecule has 4 aromatic carbocycles. The topological polar surface area (TPSA) is 86.8 Å². The highest BCUT2D eigenvalue weighted by atomic mass is 35.5. The number of nitrogens with zero attached hydrogens (tertiary/aromatic N) is 2. The van der Waals surface area contributed by atoms with Crippen LogP contribution in [0, 0.1) is 6.92 Å². The molecule has 5 rings (SSSR count). The van der Waals surface area contributed by atoms with Gasteiger partial charge in [-0.25, -0.2) is 8.42 Å². The molecule has 1 aliphatic rings. The van der Waals surface area contributed by atoms with Gasteiger partial charge >= 0.3 is 0 Å². The van der Waals surface area contributed by atoms with Crippen molar-refractivity contribution >= 4 is 73.9 Å². The van der Waals surface area contributed by atoms with E-state index in [9.17, 15) is 18.0 Å². The van der Waals surface area contributed by atoms with Gasteiger partial charge in [-0.15, -0.1) is 0 Å². The minimum atomic E-state index is -4.35. The number of aryl methyl sites for hydroxylation is 1. The maximum absolute atomic E-state index is 14.7. The van der Waals surface area contributed by atoms with Crippen LogP contribution in [0.15, 0.2) is 95.9 Å². The van der Waals surface area contributed by atoms with Crippen LogP contribution in [-0.2, 0) is 32.6 Å². The molecule has 0 aliphatic heterocycles. The lowest BCUT2D eigenvalue weighted by Gasteiger charge is -2.34. The minimum Gasteiger partial charge on any atom is -0.352 e. The van der Waals surface area contributed by atoms with Crippen LogP contribution in [0.5, 0.6) is 0 Å². The number of rotatable bonds is 12. The third kappa shape index (κ3) is 8.65. The van der Waals surface area contributed by atoms with Crippen LogP contribution in [0.3, 0.4) is 0 Å². The molecule has 0 bridgehead atoms. The monoisotopic (exact) mass is 745 g/mol. The smallest absolute Gasteiger partial charge is 0.264 e. The van der Waals surface area contributed by atoms with Crippen LogP contribution in [0.25, 0.3) is 0 Å². The van der Waals surface area contributed by atoms with E-state index in [0.29, 0.717) is 15.6 Å². The zero-order valence-electron chi connectivity index (χ0n) is 26.2. The number of carbonyl (C=O) groups is 2. The van der Waals surface area contributed by atoms with Gasteiger partial charge in [0.05, 0.1) is 20.6 Å². The molecule has 0 saturated heterocycles. The van der Waals surface area contributed by atoms with Gasteiger partial charge in [-0.1, -0.05) is 119 Å². The first kappa shape index (κ1) is 36.0. The molecule has 48 heavy (non-hydrogen) atoms. The summed E-state index contributed by atoms with van der Waals surface area (Å²) >= 11 is 25.7. The molecule has 0 heterocycles. The van der Waals surface area contributed by atoms with Crippen molar-refractivity contribution in [1.82, 2.24) is 10.2 Å². The van der Waals surface area contributed by atoms with E-state index in [0.717, 1.165) is 41.1 Å². The molecule has 4 aromatic rings. The van der Waals surface area contributed by atoms with Crippen LogP contribution in [0.1, 0.15) is 42.4 Å².